The summed E-state index contributed by atoms with van der Waals surface area (Å²) >= 11 is 0. The number of methoxy groups -OCH3 is 1. The molecule has 9 heteroatoms. The van der Waals surface area contributed by atoms with Gasteiger partial charge in [-0.3, -0.25) is 9.69 Å². The number of anilines is 1. The third-order valence-corrected chi connectivity index (χ3v) is 7.01. The SMILES string of the molecule is COc1ccnc(C#Cc2cc(C(=O)Nc3ccc4c(c3)C(F)(F)CC4N3CCN(C)CC3)ccc2F)c1. The van der Waals surface area contributed by atoms with Gasteiger partial charge in [-0.2, -0.15) is 0 Å². The highest BCUT2D eigenvalue weighted by Gasteiger charge is 2.47. The summed E-state index contributed by atoms with van der Waals surface area (Å²) in [5.41, 5.74) is 1.34. The molecule has 1 saturated heterocycles. The highest BCUT2D eigenvalue weighted by molar-refractivity contribution is 6.04. The standard InChI is InChI=1S/C29H27F3N4O2/c1-35-11-13-36(14-12-35)27-18-29(31,32)25-17-22(6-7-24(25)27)34-28(37)20-4-8-26(30)19(15-20)3-5-21-16-23(38-2)9-10-33-21/h4,6-10,15-17,27H,11-14,18H2,1-2H3,(H,34,37). The molecular weight excluding hydrogens is 493 g/mol. The maximum Gasteiger partial charge on any atom is 0.275 e. The number of nitrogens with one attached hydrogen (secondary N) is 1. The first-order valence-corrected chi connectivity index (χ1v) is 12.3. The average molecular weight is 521 g/mol. The minimum absolute atomic E-state index is 0.0118. The molecule has 0 saturated carbocycles. The summed E-state index contributed by atoms with van der Waals surface area (Å²) in [6.07, 6.45) is 1.25. The molecule has 0 spiro atoms. The number of halogens is 3. The molecule has 6 nitrogen and oxygen atoms in total. The van der Waals surface area contributed by atoms with E-state index in [0.717, 1.165) is 32.2 Å². The monoisotopic (exact) mass is 520 g/mol. The second-order valence-electron chi connectivity index (χ2n) is 9.55. The summed E-state index contributed by atoms with van der Waals surface area (Å²) in [5.74, 6) is 1.88. The fourth-order valence-electron chi connectivity index (χ4n) is 4.87. The molecule has 3 aromatic rings. The summed E-state index contributed by atoms with van der Waals surface area (Å²) < 4.78 is 49.5. The fraction of sp³-hybridized carbons (Fsp3) is 0.310. The Labute approximate surface area is 219 Å². The number of aromatic nitrogens is 1. The molecule has 196 valence electrons. The minimum Gasteiger partial charge on any atom is -0.497 e. The molecule has 0 radical (unpaired) electrons. The summed E-state index contributed by atoms with van der Waals surface area (Å²) in [6.45, 7) is 3.15. The maximum absolute atomic E-state index is 15.0. The molecule has 2 aliphatic rings. The van der Waals surface area contributed by atoms with E-state index in [0.29, 0.717) is 17.0 Å². The van der Waals surface area contributed by atoms with Crippen LogP contribution in [0.5, 0.6) is 5.75 Å². The van der Waals surface area contributed by atoms with E-state index in [-0.39, 0.29) is 34.8 Å². The number of hydrogen-bond donors (Lipinski definition) is 1. The number of carbonyl (C=O) groups is 1. The van der Waals surface area contributed by atoms with Crippen LogP contribution in [0.3, 0.4) is 0 Å². The van der Waals surface area contributed by atoms with Crippen molar-refractivity contribution in [3.05, 3.63) is 88.5 Å². The molecule has 1 atom stereocenters. The maximum atomic E-state index is 15.0. The van der Waals surface area contributed by atoms with Gasteiger partial charge >= 0.3 is 0 Å². The van der Waals surface area contributed by atoms with E-state index in [2.05, 4.69) is 31.9 Å². The normalized spacial score (nSPS) is 18.8. The highest BCUT2D eigenvalue weighted by Crippen LogP contribution is 2.50. The van der Waals surface area contributed by atoms with Gasteiger partial charge in [-0.1, -0.05) is 12.0 Å². The molecule has 1 aliphatic heterocycles. The van der Waals surface area contributed by atoms with Crippen molar-refractivity contribution in [1.82, 2.24) is 14.8 Å². The van der Waals surface area contributed by atoms with Crippen molar-refractivity contribution in [2.75, 3.05) is 45.7 Å². The summed E-state index contributed by atoms with van der Waals surface area (Å²) in [6, 6.07) is 11.4. The van der Waals surface area contributed by atoms with Gasteiger partial charge in [-0.25, -0.2) is 18.2 Å². The number of pyridine rings is 1. The van der Waals surface area contributed by atoms with Gasteiger partial charge < -0.3 is 15.0 Å². The number of piperazine rings is 1. The first-order valence-electron chi connectivity index (χ1n) is 12.3. The molecule has 38 heavy (non-hydrogen) atoms. The second kappa shape index (κ2) is 10.5. The largest absolute Gasteiger partial charge is 0.497 e. The Kier molecular flexibility index (Phi) is 7.11. The van der Waals surface area contributed by atoms with Crippen molar-refractivity contribution in [1.29, 1.82) is 0 Å². The Morgan fingerprint density at radius 1 is 1.08 bits per heavy atom. The fourth-order valence-corrected chi connectivity index (χ4v) is 4.87. The van der Waals surface area contributed by atoms with Gasteiger partial charge in [0.1, 0.15) is 17.3 Å². The first kappa shape index (κ1) is 25.8. The lowest BCUT2D eigenvalue weighted by Crippen LogP contribution is -2.45. The van der Waals surface area contributed by atoms with Gasteiger partial charge in [0.15, 0.2) is 0 Å². The van der Waals surface area contributed by atoms with E-state index in [1.54, 1.807) is 24.3 Å². The molecule has 5 rings (SSSR count). The number of carbonyl (C=O) groups excluding carboxylic acids is 1. The van der Waals surface area contributed by atoms with Crippen molar-refractivity contribution < 1.29 is 22.7 Å². The van der Waals surface area contributed by atoms with Crippen LogP contribution in [0.2, 0.25) is 0 Å². The zero-order chi connectivity index (χ0) is 26.9. The molecule has 1 N–H and O–H groups in total. The van der Waals surface area contributed by atoms with Gasteiger partial charge in [0.2, 0.25) is 0 Å². The third kappa shape index (κ3) is 5.37. The lowest BCUT2D eigenvalue weighted by atomic mass is 10.0. The summed E-state index contributed by atoms with van der Waals surface area (Å²) in [5, 5.41) is 2.67. The molecular formula is C29H27F3N4O2. The van der Waals surface area contributed by atoms with Crippen LogP contribution in [-0.2, 0) is 5.92 Å². The van der Waals surface area contributed by atoms with E-state index in [9.17, 15) is 9.18 Å². The van der Waals surface area contributed by atoms with Crippen LogP contribution in [0.15, 0.2) is 54.7 Å². The van der Waals surface area contributed by atoms with Gasteiger partial charge in [-0.05, 0) is 54.9 Å². The first-order chi connectivity index (χ1) is 18.2. The van der Waals surface area contributed by atoms with Crippen molar-refractivity contribution >= 4 is 11.6 Å². The molecule has 2 aromatic carbocycles. The van der Waals surface area contributed by atoms with Crippen LogP contribution in [0.25, 0.3) is 0 Å². The van der Waals surface area contributed by atoms with Crippen molar-refractivity contribution in [3.8, 4) is 17.6 Å². The van der Waals surface area contributed by atoms with E-state index >= 15 is 8.78 Å². The minimum atomic E-state index is -2.99. The second-order valence-corrected chi connectivity index (χ2v) is 9.55. The third-order valence-electron chi connectivity index (χ3n) is 7.01. The highest BCUT2D eigenvalue weighted by atomic mass is 19.3. The van der Waals surface area contributed by atoms with E-state index in [1.807, 2.05) is 7.05 Å². The number of amides is 1. The van der Waals surface area contributed by atoms with Gasteiger partial charge in [0.25, 0.3) is 11.8 Å². The molecule has 1 amide bonds. The van der Waals surface area contributed by atoms with Gasteiger partial charge in [0, 0.05) is 67.7 Å². The number of benzene rings is 2. The summed E-state index contributed by atoms with van der Waals surface area (Å²) in [7, 11) is 3.54. The molecule has 1 aliphatic carbocycles. The van der Waals surface area contributed by atoms with Crippen molar-refractivity contribution in [3.63, 3.8) is 0 Å². The Hall–Kier alpha value is -3.87. The Morgan fingerprint density at radius 3 is 2.63 bits per heavy atom. The van der Waals surface area contributed by atoms with Crippen LogP contribution in [0.4, 0.5) is 18.9 Å². The molecule has 0 bridgehead atoms. The number of likely N-dealkylation sites (N-methyl/N-ethyl adjacent to an activating group) is 1. The van der Waals surface area contributed by atoms with Crippen LogP contribution in [0.1, 0.15) is 45.2 Å². The zero-order valence-corrected chi connectivity index (χ0v) is 21.1. The molecule has 1 fully saturated rings. The smallest absolute Gasteiger partial charge is 0.275 e. The van der Waals surface area contributed by atoms with Crippen molar-refractivity contribution in [2.24, 2.45) is 0 Å². The number of fused-ring (bicyclic) bond motifs is 1. The molecule has 1 aromatic heterocycles. The number of alkyl halides is 2. The van der Waals surface area contributed by atoms with E-state index in [4.69, 9.17) is 4.74 Å². The Balaban J connectivity index is 1.34. The topological polar surface area (TPSA) is 57.7 Å². The van der Waals surface area contributed by atoms with Crippen LogP contribution in [-0.4, -0.2) is 61.0 Å². The number of rotatable bonds is 4. The predicted molar refractivity (Wildman–Crippen MR) is 138 cm³/mol. The van der Waals surface area contributed by atoms with Crippen LogP contribution in [0, 0.1) is 17.7 Å². The predicted octanol–water partition coefficient (Wildman–Crippen LogP) is 4.67. The number of ether oxygens (including phenoxy) is 1. The zero-order valence-electron chi connectivity index (χ0n) is 21.1. The van der Waals surface area contributed by atoms with Crippen molar-refractivity contribution in [2.45, 2.75) is 18.4 Å². The lowest BCUT2D eigenvalue weighted by molar-refractivity contribution is -0.0257. The number of nitrogens with zero attached hydrogens (tertiary/aromatic N) is 3. The number of hydrogen-bond acceptors (Lipinski definition) is 5. The van der Waals surface area contributed by atoms with E-state index in [1.165, 1.54) is 31.5 Å². The Morgan fingerprint density at radius 2 is 1.87 bits per heavy atom. The average Bonchev–Trinajstić information content (AvgIpc) is 3.18. The van der Waals surface area contributed by atoms with E-state index < -0.39 is 17.6 Å². The molecule has 2 heterocycles. The Bertz CT molecular complexity index is 1420. The quantitative estimate of drug-likeness (QED) is 0.507. The summed E-state index contributed by atoms with van der Waals surface area (Å²) in [4.78, 5) is 21.3. The van der Waals surface area contributed by atoms with Crippen LogP contribution >= 0.6 is 0 Å². The van der Waals surface area contributed by atoms with Gasteiger partial charge in [-0.15, -0.1) is 0 Å². The lowest BCUT2D eigenvalue weighted by Gasteiger charge is -2.36. The van der Waals surface area contributed by atoms with Crippen LogP contribution < -0.4 is 10.1 Å². The van der Waals surface area contributed by atoms with Gasteiger partial charge in [0.05, 0.1) is 12.7 Å². The molecule has 1 unspecified atom stereocenters.